The second kappa shape index (κ2) is 6.51. The van der Waals surface area contributed by atoms with Crippen LogP contribution in [0.4, 0.5) is 0 Å². The van der Waals surface area contributed by atoms with Crippen LogP contribution in [0.2, 0.25) is 0 Å². The molecule has 0 heterocycles. The molecule has 0 saturated carbocycles. The highest BCUT2D eigenvalue weighted by Gasteiger charge is 2.08. The van der Waals surface area contributed by atoms with Gasteiger partial charge >= 0.3 is 5.97 Å². The standard InChI is InChI=1S/C6H12O3.H3N/c1-3-4-9-5(2)6(7)8;/h5H,3-4H2,1-2H3,(H,7,8);1H3. The molecule has 4 nitrogen and oxygen atoms in total. The molecule has 62 valence electrons. The van der Waals surface area contributed by atoms with Crippen molar-refractivity contribution in [3.8, 4) is 0 Å². The summed E-state index contributed by atoms with van der Waals surface area (Å²) in [5.74, 6) is -0.900. The quantitative estimate of drug-likeness (QED) is 0.625. The highest BCUT2D eigenvalue weighted by molar-refractivity contribution is 5.71. The zero-order valence-corrected chi connectivity index (χ0v) is 6.46. The molecule has 10 heavy (non-hydrogen) atoms. The molecule has 0 aromatic heterocycles. The molecule has 0 aliphatic rings. The molecule has 0 radical (unpaired) electrons. The van der Waals surface area contributed by atoms with Crippen molar-refractivity contribution in [1.29, 1.82) is 0 Å². The molecule has 1 atom stereocenters. The Morgan fingerprint density at radius 3 is 2.50 bits per heavy atom. The number of ether oxygens (including phenoxy) is 1. The molecule has 0 spiro atoms. The molecule has 0 saturated heterocycles. The zero-order chi connectivity index (χ0) is 7.28. The number of carboxylic acids is 1. The molecule has 0 aromatic rings. The van der Waals surface area contributed by atoms with E-state index in [2.05, 4.69) is 0 Å². The third-order valence-corrected chi connectivity index (χ3v) is 0.920. The summed E-state index contributed by atoms with van der Waals surface area (Å²) in [4.78, 5) is 10.1. The summed E-state index contributed by atoms with van der Waals surface area (Å²) < 4.78 is 4.85. The van der Waals surface area contributed by atoms with E-state index in [0.717, 1.165) is 6.42 Å². The van der Waals surface area contributed by atoms with Crippen molar-refractivity contribution >= 4 is 5.97 Å². The smallest absolute Gasteiger partial charge is 0.332 e. The van der Waals surface area contributed by atoms with Crippen molar-refractivity contribution in [3.63, 3.8) is 0 Å². The van der Waals surface area contributed by atoms with Crippen LogP contribution in [0.25, 0.3) is 0 Å². The van der Waals surface area contributed by atoms with Crippen LogP contribution in [0.3, 0.4) is 0 Å². The van der Waals surface area contributed by atoms with E-state index >= 15 is 0 Å². The number of hydrogen-bond donors (Lipinski definition) is 2. The monoisotopic (exact) mass is 149 g/mol. The highest BCUT2D eigenvalue weighted by atomic mass is 16.5. The molecular weight excluding hydrogens is 134 g/mol. The fourth-order valence-corrected chi connectivity index (χ4v) is 0.366. The Labute approximate surface area is 60.8 Å². The minimum atomic E-state index is -0.900. The lowest BCUT2D eigenvalue weighted by Gasteiger charge is -2.05. The Morgan fingerprint density at radius 1 is 1.70 bits per heavy atom. The summed E-state index contributed by atoms with van der Waals surface area (Å²) in [6.07, 6.45) is 0.197. The van der Waals surface area contributed by atoms with E-state index in [1.165, 1.54) is 6.92 Å². The van der Waals surface area contributed by atoms with Gasteiger partial charge < -0.3 is 16.0 Å². The van der Waals surface area contributed by atoms with Gasteiger partial charge in [0.25, 0.3) is 0 Å². The van der Waals surface area contributed by atoms with Crippen molar-refractivity contribution in [1.82, 2.24) is 6.15 Å². The van der Waals surface area contributed by atoms with Crippen molar-refractivity contribution in [3.05, 3.63) is 0 Å². The molecule has 0 aromatic carbocycles. The first kappa shape index (κ1) is 12.1. The van der Waals surface area contributed by atoms with Gasteiger partial charge in [-0.2, -0.15) is 0 Å². The third-order valence-electron chi connectivity index (χ3n) is 0.920. The fraction of sp³-hybridized carbons (Fsp3) is 0.833. The van der Waals surface area contributed by atoms with Gasteiger partial charge in [-0.25, -0.2) is 4.79 Å². The summed E-state index contributed by atoms with van der Waals surface area (Å²) in [5.41, 5.74) is 0. The number of aliphatic carboxylic acids is 1. The van der Waals surface area contributed by atoms with Crippen LogP contribution in [0, 0.1) is 0 Å². The zero-order valence-electron chi connectivity index (χ0n) is 6.46. The SMILES string of the molecule is CCCOC(C)C(=O)O.N. The van der Waals surface area contributed by atoms with Crippen LogP contribution in [0.5, 0.6) is 0 Å². The first-order chi connectivity index (χ1) is 4.18. The minimum Gasteiger partial charge on any atom is -0.479 e. The second-order valence-electron chi connectivity index (χ2n) is 1.85. The Bertz CT molecular complexity index is 95.0. The fourth-order valence-electron chi connectivity index (χ4n) is 0.366. The predicted octanol–water partition coefficient (Wildman–Crippen LogP) is 1.05. The maximum Gasteiger partial charge on any atom is 0.332 e. The van der Waals surface area contributed by atoms with E-state index in [-0.39, 0.29) is 6.15 Å². The Morgan fingerprint density at radius 2 is 2.20 bits per heavy atom. The molecule has 0 bridgehead atoms. The van der Waals surface area contributed by atoms with Gasteiger partial charge in [0.05, 0.1) is 0 Å². The molecule has 4 N–H and O–H groups in total. The first-order valence-corrected chi connectivity index (χ1v) is 3.03. The number of carbonyl (C=O) groups is 1. The van der Waals surface area contributed by atoms with Crippen LogP contribution in [0.15, 0.2) is 0 Å². The van der Waals surface area contributed by atoms with Crippen molar-refractivity contribution in [2.24, 2.45) is 0 Å². The molecular formula is C6H15NO3. The Hall–Kier alpha value is -0.610. The van der Waals surface area contributed by atoms with Crippen molar-refractivity contribution in [2.45, 2.75) is 26.4 Å². The summed E-state index contributed by atoms with van der Waals surface area (Å²) in [7, 11) is 0. The molecule has 0 amide bonds. The Kier molecular flexibility index (Phi) is 7.88. The van der Waals surface area contributed by atoms with Crippen LogP contribution in [-0.4, -0.2) is 23.8 Å². The van der Waals surface area contributed by atoms with Crippen LogP contribution in [-0.2, 0) is 9.53 Å². The van der Waals surface area contributed by atoms with Gasteiger partial charge in [0.2, 0.25) is 0 Å². The summed E-state index contributed by atoms with van der Waals surface area (Å²) in [5, 5.41) is 8.28. The second-order valence-corrected chi connectivity index (χ2v) is 1.85. The van der Waals surface area contributed by atoms with Gasteiger partial charge in [0.15, 0.2) is 6.10 Å². The molecule has 0 aliphatic carbocycles. The molecule has 1 unspecified atom stereocenters. The first-order valence-electron chi connectivity index (χ1n) is 3.03. The van der Waals surface area contributed by atoms with Crippen molar-refractivity contribution < 1.29 is 14.6 Å². The lowest BCUT2D eigenvalue weighted by Crippen LogP contribution is -2.19. The predicted molar refractivity (Wildman–Crippen MR) is 38.4 cm³/mol. The van der Waals surface area contributed by atoms with Gasteiger partial charge in [-0.15, -0.1) is 0 Å². The van der Waals surface area contributed by atoms with E-state index in [1.807, 2.05) is 6.92 Å². The van der Waals surface area contributed by atoms with Gasteiger partial charge in [-0.1, -0.05) is 6.92 Å². The lowest BCUT2D eigenvalue weighted by atomic mass is 10.4. The maximum atomic E-state index is 10.1. The lowest BCUT2D eigenvalue weighted by molar-refractivity contribution is -0.149. The van der Waals surface area contributed by atoms with Gasteiger partial charge in [0.1, 0.15) is 0 Å². The van der Waals surface area contributed by atoms with E-state index in [1.54, 1.807) is 0 Å². The van der Waals surface area contributed by atoms with Gasteiger partial charge in [-0.3, -0.25) is 0 Å². The van der Waals surface area contributed by atoms with Crippen LogP contribution in [0.1, 0.15) is 20.3 Å². The molecule has 0 aliphatic heterocycles. The highest BCUT2D eigenvalue weighted by Crippen LogP contribution is 1.90. The van der Waals surface area contributed by atoms with Crippen molar-refractivity contribution in [2.75, 3.05) is 6.61 Å². The Balaban J connectivity index is 0. The van der Waals surface area contributed by atoms with Gasteiger partial charge in [-0.05, 0) is 13.3 Å². The summed E-state index contributed by atoms with van der Waals surface area (Å²) >= 11 is 0. The van der Waals surface area contributed by atoms with E-state index in [0.29, 0.717) is 6.61 Å². The number of carboxylic acid groups (broad SMARTS) is 1. The maximum absolute atomic E-state index is 10.1. The van der Waals surface area contributed by atoms with E-state index < -0.39 is 12.1 Å². The summed E-state index contributed by atoms with van der Waals surface area (Å²) in [6.45, 7) is 3.99. The topological polar surface area (TPSA) is 81.5 Å². The molecule has 4 heteroatoms. The average molecular weight is 149 g/mol. The van der Waals surface area contributed by atoms with Gasteiger partial charge in [0, 0.05) is 6.61 Å². The number of hydrogen-bond acceptors (Lipinski definition) is 3. The van der Waals surface area contributed by atoms with Crippen LogP contribution < -0.4 is 6.15 Å². The largest absolute Gasteiger partial charge is 0.479 e. The minimum absolute atomic E-state index is 0. The molecule has 0 fully saturated rings. The van der Waals surface area contributed by atoms with E-state index in [4.69, 9.17) is 9.84 Å². The normalized spacial score (nSPS) is 11.8. The summed E-state index contributed by atoms with van der Waals surface area (Å²) in [6, 6.07) is 0. The average Bonchev–Trinajstić information content (AvgIpc) is 1.82. The number of rotatable bonds is 4. The van der Waals surface area contributed by atoms with Crippen LogP contribution >= 0.6 is 0 Å². The van der Waals surface area contributed by atoms with E-state index in [9.17, 15) is 4.79 Å². The molecule has 0 rings (SSSR count). The third kappa shape index (κ3) is 5.53.